The second kappa shape index (κ2) is 5.81. The molecule has 0 aromatic heterocycles. The van der Waals surface area contributed by atoms with Crippen molar-refractivity contribution in [2.75, 3.05) is 11.9 Å². The zero-order valence-corrected chi connectivity index (χ0v) is 11.4. The Morgan fingerprint density at radius 3 is 2.79 bits per heavy atom. The molecule has 1 rings (SSSR count). The van der Waals surface area contributed by atoms with E-state index in [0.717, 1.165) is 17.3 Å². The van der Waals surface area contributed by atoms with Crippen molar-refractivity contribution in [1.82, 2.24) is 0 Å². The van der Waals surface area contributed by atoms with Crippen molar-refractivity contribution in [3.05, 3.63) is 26.8 Å². The topological polar surface area (TPSA) is 12.0 Å². The molecule has 0 heterocycles. The Balaban J connectivity index is 2.59. The van der Waals surface area contributed by atoms with Gasteiger partial charge in [-0.05, 0) is 46.7 Å². The van der Waals surface area contributed by atoms with Crippen molar-refractivity contribution >= 4 is 39.9 Å². The molecule has 0 bridgehead atoms. The molecule has 78 valence electrons. The van der Waals surface area contributed by atoms with Crippen LogP contribution in [0.5, 0.6) is 0 Å². The molecule has 0 saturated heterocycles. The molecular weight excluding hydrogens is 308 g/mol. The van der Waals surface area contributed by atoms with Crippen LogP contribution in [0.1, 0.15) is 20.3 Å². The lowest BCUT2D eigenvalue weighted by Crippen LogP contribution is -2.10. The van der Waals surface area contributed by atoms with E-state index in [4.69, 9.17) is 11.6 Å². The third-order valence-electron chi connectivity index (χ3n) is 2.27. The van der Waals surface area contributed by atoms with Crippen molar-refractivity contribution in [2.45, 2.75) is 20.3 Å². The van der Waals surface area contributed by atoms with E-state index in [-0.39, 0.29) is 0 Å². The van der Waals surface area contributed by atoms with Gasteiger partial charge in [-0.2, -0.15) is 0 Å². The Hall–Kier alpha value is 0.0400. The monoisotopic (exact) mass is 323 g/mol. The lowest BCUT2D eigenvalue weighted by atomic mass is 10.1. The quantitative estimate of drug-likeness (QED) is 0.810. The van der Waals surface area contributed by atoms with Gasteiger partial charge in [-0.3, -0.25) is 0 Å². The lowest BCUT2D eigenvalue weighted by Gasteiger charge is -2.12. The zero-order valence-electron chi connectivity index (χ0n) is 8.48. The molecule has 1 aromatic carbocycles. The van der Waals surface area contributed by atoms with E-state index in [9.17, 15) is 0 Å². The number of nitrogens with one attached hydrogen (secondary N) is 1. The van der Waals surface area contributed by atoms with Gasteiger partial charge in [0.1, 0.15) is 0 Å². The number of hydrogen-bond acceptors (Lipinski definition) is 1. The van der Waals surface area contributed by atoms with Gasteiger partial charge in [0, 0.05) is 10.1 Å². The van der Waals surface area contributed by atoms with Gasteiger partial charge in [0.05, 0.1) is 10.7 Å². The van der Waals surface area contributed by atoms with Crippen molar-refractivity contribution in [1.29, 1.82) is 0 Å². The third kappa shape index (κ3) is 3.65. The van der Waals surface area contributed by atoms with E-state index in [2.05, 4.69) is 47.8 Å². The van der Waals surface area contributed by atoms with E-state index in [1.165, 1.54) is 9.99 Å². The van der Waals surface area contributed by atoms with Crippen LogP contribution in [0.3, 0.4) is 0 Å². The molecule has 3 heteroatoms. The van der Waals surface area contributed by atoms with E-state index in [0.29, 0.717) is 5.92 Å². The SMILES string of the molecule is CCC(C)CNc1ccc(I)cc1Cl. The molecule has 0 aliphatic heterocycles. The predicted molar refractivity (Wildman–Crippen MR) is 72.1 cm³/mol. The van der Waals surface area contributed by atoms with Gasteiger partial charge in [-0.1, -0.05) is 31.9 Å². The fourth-order valence-electron chi connectivity index (χ4n) is 1.06. The fourth-order valence-corrected chi connectivity index (χ4v) is 1.98. The summed E-state index contributed by atoms with van der Waals surface area (Å²) in [5.74, 6) is 0.686. The van der Waals surface area contributed by atoms with Crippen LogP contribution >= 0.6 is 34.2 Å². The predicted octanol–water partition coefficient (Wildman–Crippen LogP) is 4.40. The zero-order chi connectivity index (χ0) is 10.6. The molecule has 1 atom stereocenters. The average molecular weight is 324 g/mol. The molecule has 1 N–H and O–H groups in total. The molecule has 0 fully saturated rings. The Kier molecular flexibility index (Phi) is 5.02. The molecule has 0 radical (unpaired) electrons. The first-order valence-electron chi connectivity index (χ1n) is 4.82. The summed E-state index contributed by atoms with van der Waals surface area (Å²) < 4.78 is 1.17. The first kappa shape index (κ1) is 12.1. The highest BCUT2D eigenvalue weighted by molar-refractivity contribution is 14.1. The van der Waals surface area contributed by atoms with E-state index < -0.39 is 0 Å². The largest absolute Gasteiger partial charge is 0.384 e. The maximum absolute atomic E-state index is 6.09. The van der Waals surface area contributed by atoms with Crippen molar-refractivity contribution in [2.24, 2.45) is 5.92 Å². The standard InChI is InChI=1S/C11H15ClIN/c1-3-8(2)7-14-11-5-4-9(13)6-10(11)12/h4-6,8,14H,3,7H2,1-2H3. The minimum Gasteiger partial charge on any atom is -0.384 e. The van der Waals surface area contributed by atoms with E-state index >= 15 is 0 Å². The molecule has 0 aliphatic rings. The summed E-state index contributed by atoms with van der Waals surface area (Å²) in [5.41, 5.74) is 1.03. The second-order valence-corrected chi connectivity index (χ2v) is 5.17. The Morgan fingerprint density at radius 2 is 2.21 bits per heavy atom. The summed E-state index contributed by atoms with van der Waals surface area (Å²) in [7, 11) is 0. The number of halogens is 2. The summed E-state index contributed by atoms with van der Waals surface area (Å²) in [6, 6.07) is 6.07. The van der Waals surface area contributed by atoms with Crippen molar-refractivity contribution in [3.8, 4) is 0 Å². The molecule has 1 unspecified atom stereocenters. The normalized spacial score (nSPS) is 12.6. The van der Waals surface area contributed by atoms with Gasteiger partial charge in [-0.15, -0.1) is 0 Å². The van der Waals surface area contributed by atoms with E-state index in [1.807, 2.05) is 12.1 Å². The number of rotatable bonds is 4. The summed E-state index contributed by atoms with van der Waals surface area (Å²) in [4.78, 5) is 0. The molecule has 1 aromatic rings. The Bertz CT molecular complexity index is 301. The Labute approximate surface area is 104 Å². The maximum atomic E-state index is 6.09. The van der Waals surface area contributed by atoms with Crippen LogP contribution in [0.4, 0.5) is 5.69 Å². The van der Waals surface area contributed by atoms with Gasteiger partial charge in [-0.25, -0.2) is 0 Å². The summed E-state index contributed by atoms with van der Waals surface area (Å²) in [5, 5.41) is 4.16. The second-order valence-electron chi connectivity index (χ2n) is 3.52. The van der Waals surface area contributed by atoms with Crippen LogP contribution in [0.2, 0.25) is 5.02 Å². The number of hydrogen-bond donors (Lipinski definition) is 1. The first-order chi connectivity index (χ1) is 6.63. The van der Waals surface area contributed by atoms with Crippen LogP contribution in [0, 0.1) is 9.49 Å². The molecule has 14 heavy (non-hydrogen) atoms. The minimum atomic E-state index is 0.686. The highest BCUT2D eigenvalue weighted by Crippen LogP contribution is 2.24. The molecular formula is C11H15ClIN. The van der Waals surface area contributed by atoms with Crippen LogP contribution in [-0.4, -0.2) is 6.54 Å². The smallest absolute Gasteiger partial charge is 0.0648 e. The van der Waals surface area contributed by atoms with Gasteiger partial charge in [0.2, 0.25) is 0 Å². The van der Waals surface area contributed by atoms with Crippen LogP contribution in [0.15, 0.2) is 18.2 Å². The average Bonchev–Trinajstić information content (AvgIpc) is 2.16. The number of anilines is 1. The van der Waals surface area contributed by atoms with E-state index in [1.54, 1.807) is 0 Å². The molecule has 0 aliphatic carbocycles. The van der Waals surface area contributed by atoms with Crippen molar-refractivity contribution in [3.63, 3.8) is 0 Å². The minimum absolute atomic E-state index is 0.686. The maximum Gasteiger partial charge on any atom is 0.0648 e. The van der Waals surface area contributed by atoms with Gasteiger partial charge in [0.15, 0.2) is 0 Å². The first-order valence-corrected chi connectivity index (χ1v) is 6.28. The highest BCUT2D eigenvalue weighted by atomic mass is 127. The summed E-state index contributed by atoms with van der Waals surface area (Å²) >= 11 is 8.35. The Morgan fingerprint density at radius 1 is 1.50 bits per heavy atom. The molecule has 1 nitrogen and oxygen atoms in total. The van der Waals surface area contributed by atoms with Gasteiger partial charge < -0.3 is 5.32 Å². The van der Waals surface area contributed by atoms with Gasteiger partial charge >= 0.3 is 0 Å². The van der Waals surface area contributed by atoms with Crippen LogP contribution in [-0.2, 0) is 0 Å². The van der Waals surface area contributed by atoms with Gasteiger partial charge in [0.25, 0.3) is 0 Å². The molecule has 0 spiro atoms. The summed E-state index contributed by atoms with van der Waals surface area (Å²) in [6.07, 6.45) is 1.19. The fraction of sp³-hybridized carbons (Fsp3) is 0.455. The van der Waals surface area contributed by atoms with Crippen LogP contribution < -0.4 is 5.32 Å². The summed E-state index contributed by atoms with van der Waals surface area (Å²) in [6.45, 7) is 5.41. The third-order valence-corrected chi connectivity index (χ3v) is 3.25. The van der Waals surface area contributed by atoms with Crippen molar-refractivity contribution < 1.29 is 0 Å². The highest BCUT2D eigenvalue weighted by Gasteiger charge is 2.02. The molecule has 0 amide bonds. The lowest BCUT2D eigenvalue weighted by molar-refractivity contribution is 0.593. The molecule has 0 saturated carbocycles. The van der Waals surface area contributed by atoms with Crippen LogP contribution in [0.25, 0.3) is 0 Å². The number of benzene rings is 1.